The Balaban J connectivity index is 2.04. The number of aryl methyl sites for hydroxylation is 1. The predicted molar refractivity (Wildman–Crippen MR) is 107 cm³/mol. The van der Waals surface area contributed by atoms with Crippen molar-refractivity contribution in [3.63, 3.8) is 0 Å². The van der Waals surface area contributed by atoms with Gasteiger partial charge in [0.2, 0.25) is 0 Å². The molecule has 0 aromatic carbocycles. The van der Waals surface area contributed by atoms with E-state index >= 15 is 0 Å². The first-order valence-corrected chi connectivity index (χ1v) is 14.0. The van der Waals surface area contributed by atoms with Crippen molar-refractivity contribution in [3.05, 3.63) is 5.82 Å². The van der Waals surface area contributed by atoms with Crippen LogP contribution in [-0.2, 0) is 16.0 Å². The number of anilines is 1. The van der Waals surface area contributed by atoms with Crippen molar-refractivity contribution in [2.24, 2.45) is 11.8 Å². The first-order chi connectivity index (χ1) is 13.5. The fourth-order valence-corrected chi connectivity index (χ4v) is 5.09. The van der Waals surface area contributed by atoms with Gasteiger partial charge in [0.05, 0.1) is 0 Å². The number of aromatic nitrogens is 3. The Morgan fingerprint density at radius 3 is 2.64 bits per heavy atom. The van der Waals surface area contributed by atoms with E-state index < -0.39 is 20.6 Å². The number of carbonyl (C=O) groups is 2. The maximum absolute atomic E-state index is 12.7. The molecule has 1 saturated carbocycles. The van der Waals surface area contributed by atoms with Gasteiger partial charge in [-0.2, -0.15) is 0 Å². The van der Waals surface area contributed by atoms with E-state index in [1.165, 1.54) is 12.8 Å². The molecule has 156 valence electrons. The van der Waals surface area contributed by atoms with E-state index in [0.29, 0.717) is 42.0 Å². The third kappa shape index (κ3) is 6.70. The van der Waals surface area contributed by atoms with Crippen LogP contribution in [0.15, 0.2) is 0 Å². The molecule has 1 aliphatic rings. The van der Waals surface area contributed by atoms with Crippen LogP contribution in [0.25, 0.3) is 0 Å². The van der Waals surface area contributed by atoms with Gasteiger partial charge in [-0.3, -0.25) is 0 Å². The number of hydroxylamine groups is 2. The Kier molecular flexibility index (Phi) is 9.11. The van der Waals surface area contributed by atoms with Gasteiger partial charge in [0.15, 0.2) is 0 Å². The van der Waals surface area contributed by atoms with Gasteiger partial charge >= 0.3 is 171 Å². The summed E-state index contributed by atoms with van der Waals surface area (Å²) >= 11 is -1.29. The molecular weight excluding hydrogens is 423 g/mol. The number of nitrogens with one attached hydrogen (secondary N) is 2. The summed E-state index contributed by atoms with van der Waals surface area (Å²) < 4.78 is 0.837. The second kappa shape index (κ2) is 11.3. The summed E-state index contributed by atoms with van der Waals surface area (Å²) in [6.45, 7) is 4.08. The van der Waals surface area contributed by atoms with Crippen molar-refractivity contribution < 1.29 is 14.8 Å². The van der Waals surface area contributed by atoms with Crippen molar-refractivity contribution in [3.8, 4) is 0 Å². The Morgan fingerprint density at radius 2 is 2.04 bits per heavy atom. The van der Waals surface area contributed by atoms with E-state index in [-0.39, 0.29) is 12.5 Å². The second-order valence-corrected chi connectivity index (χ2v) is 12.3. The van der Waals surface area contributed by atoms with E-state index in [0.717, 1.165) is 22.7 Å². The molecule has 1 fully saturated rings. The molecule has 2 unspecified atom stereocenters. The van der Waals surface area contributed by atoms with E-state index in [9.17, 15) is 14.8 Å². The van der Waals surface area contributed by atoms with Gasteiger partial charge in [0.25, 0.3) is 0 Å². The van der Waals surface area contributed by atoms with Crippen molar-refractivity contribution >= 4 is 37.5 Å². The molecule has 9 nitrogen and oxygen atoms in total. The minimum atomic E-state index is -1.29. The molecule has 0 bridgehead atoms. The summed E-state index contributed by atoms with van der Waals surface area (Å²) in [5, 5.41) is 11.1. The van der Waals surface area contributed by atoms with Crippen LogP contribution in [0.3, 0.4) is 0 Å². The van der Waals surface area contributed by atoms with Crippen LogP contribution in [0.4, 0.5) is 5.95 Å². The molecule has 0 aliphatic heterocycles. The van der Waals surface area contributed by atoms with Gasteiger partial charge in [-0.05, 0) is 0 Å². The number of carbonyl (C=O) groups excluding carboxylic acids is 2. The second-order valence-electron chi connectivity index (χ2n) is 7.17. The molecule has 3 N–H and O–H groups in total. The number of nitrogens with zero attached hydrogens (tertiary/aromatic N) is 4. The van der Waals surface area contributed by atoms with Gasteiger partial charge in [-0.1, -0.05) is 0 Å². The summed E-state index contributed by atoms with van der Waals surface area (Å²) in [6, 6.07) is 0. The van der Waals surface area contributed by atoms with Gasteiger partial charge in [-0.25, -0.2) is 0 Å². The van der Waals surface area contributed by atoms with Crippen molar-refractivity contribution in [1.82, 2.24) is 25.4 Å². The Hall–Kier alpha value is -1.73. The van der Waals surface area contributed by atoms with Crippen LogP contribution in [0.1, 0.15) is 51.8 Å². The van der Waals surface area contributed by atoms with Crippen LogP contribution in [0.2, 0.25) is 10.9 Å². The standard InChI is InChI=1S/C18H31AsN6O3/c1-4-15-20-17(19(3)5-2)22-18(21-15)24-23-16(27)14(11-25(28)12-26)10-13-8-6-7-9-13/h12-14,28H,4-11H2,1-3H3,(H,23,27)(H,20,21,22,24). The molecule has 1 aromatic rings. The number of hydrogen-bond acceptors (Lipinski definition) is 7. The zero-order valence-corrected chi connectivity index (χ0v) is 18.8. The van der Waals surface area contributed by atoms with Crippen LogP contribution in [0, 0.1) is 11.8 Å². The molecule has 1 aromatic heterocycles. The summed E-state index contributed by atoms with van der Waals surface area (Å²) in [4.78, 5) is 36.8. The van der Waals surface area contributed by atoms with Crippen molar-refractivity contribution in [1.29, 1.82) is 0 Å². The molecule has 28 heavy (non-hydrogen) atoms. The maximum atomic E-state index is 12.7. The zero-order chi connectivity index (χ0) is 20.5. The number of amides is 2. The third-order valence-corrected chi connectivity index (χ3v) is 8.93. The van der Waals surface area contributed by atoms with Gasteiger partial charge in [0, 0.05) is 0 Å². The summed E-state index contributed by atoms with van der Waals surface area (Å²) in [7, 11) is 0. The van der Waals surface area contributed by atoms with Crippen molar-refractivity contribution in [2.45, 2.75) is 63.3 Å². The van der Waals surface area contributed by atoms with Crippen LogP contribution < -0.4 is 15.5 Å². The van der Waals surface area contributed by atoms with Crippen LogP contribution in [0.5, 0.6) is 0 Å². The Bertz CT molecular complexity index is 656. The summed E-state index contributed by atoms with van der Waals surface area (Å²) in [6.07, 6.45) is 6.15. The van der Waals surface area contributed by atoms with E-state index in [4.69, 9.17) is 0 Å². The zero-order valence-electron chi connectivity index (χ0n) is 16.9. The van der Waals surface area contributed by atoms with Gasteiger partial charge in [0.1, 0.15) is 0 Å². The van der Waals surface area contributed by atoms with E-state index in [1.54, 1.807) is 0 Å². The molecule has 10 heteroatoms. The average molecular weight is 454 g/mol. The predicted octanol–water partition coefficient (Wildman–Crippen LogP) is 1.27. The van der Waals surface area contributed by atoms with Crippen LogP contribution in [-0.4, -0.2) is 58.7 Å². The Labute approximate surface area is 170 Å². The quantitative estimate of drug-likeness (QED) is 0.199. The fourth-order valence-electron chi connectivity index (χ4n) is 3.33. The van der Waals surface area contributed by atoms with E-state index in [2.05, 4.69) is 38.4 Å². The monoisotopic (exact) mass is 454 g/mol. The number of rotatable bonds is 11. The van der Waals surface area contributed by atoms with Crippen LogP contribution >= 0.6 is 0 Å². The molecule has 2 rings (SSSR count). The first-order valence-electron chi connectivity index (χ1n) is 9.89. The first kappa shape index (κ1) is 22.6. The number of hydrogen-bond donors (Lipinski definition) is 3. The molecular formula is C18H31AsN6O3. The average Bonchev–Trinajstić information content (AvgIpc) is 3.23. The topological polar surface area (TPSA) is 120 Å². The third-order valence-electron chi connectivity index (χ3n) is 5.09. The molecule has 1 aliphatic carbocycles. The fraction of sp³-hybridized carbons (Fsp3) is 0.722. The molecule has 2 atom stereocenters. The molecule has 0 radical (unpaired) electrons. The summed E-state index contributed by atoms with van der Waals surface area (Å²) in [5.41, 5.74) is 7.66. The SMILES string of the molecule is CCc1nc(NNC(=O)C(CC2CCCC2)CN(O)C=O)nc([As](C)CC)n1. The normalized spacial score (nSPS) is 16.4. The molecule has 2 amide bonds. The molecule has 0 spiro atoms. The van der Waals surface area contributed by atoms with Gasteiger partial charge < -0.3 is 0 Å². The molecule has 1 heterocycles. The summed E-state index contributed by atoms with van der Waals surface area (Å²) in [5.74, 6) is 0.696. The van der Waals surface area contributed by atoms with Gasteiger partial charge in [-0.15, -0.1) is 0 Å². The van der Waals surface area contributed by atoms with E-state index in [1.807, 2.05) is 6.92 Å². The Morgan fingerprint density at radius 1 is 1.32 bits per heavy atom. The minimum absolute atomic E-state index is 0.0314. The number of hydrazine groups is 1. The molecule has 0 saturated heterocycles. The van der Waals surface area contributed by atoms with Crippen molar-refractivity contribution in [2.75, 3.05) is 12.0 Å².